The second-order valence-corrected chi connectivity index (χ2v) is 7.63. The van der Waals surface area contributed by atoms with Crippen molar-refractivity contribution in [1.29, 1.82) is 0 Å². The zero-order chi connectivity index (χ0) is 25.3. The zero-order valence-electron chi connectivity index (χ0n) is 18.9. The number of fused-ring (bicyclic) bond motifs is 3. The highest BCUT2D eigenvalue weighted by Gasteiger charge is 2.36. The Morgan fingerprint density at radius 2 is 1.94 bits per heavy atom. The summed E-state index contributed by atoms with van der Waals surface area (Å²) in [5.74, 6) is -1.44. The van der Waals surface area contributed by atoms with Gasteiger partial charge < -0.3 is 19.7 Å². The number of methoxy groups -OCH3 is 2. The number of carbonyl (C=O) groups is 2. The molecule has 0 aliphatic carbocycles. The van der Waals surface area contributed by atoms with Crippen molar-refractivity contribution in [2.75, 3.05) is 31.0 Å². The molecule has 0 spiro atoms. The second-order valence-electron chi connectivity index (χ2n) is 7.63. The van der Waals surface area contributed by atoms with Gasteiger partial charge in [-0.1, -0.05) is 6.07 Å². The van der Waals surface area contributed by atoms with E-state index in [4.69, 9.17) is 9.47 Å². The molecule has 0 unspecified atom stereocenters. The lowest BCUT2D eigenvalue weighted by molar-refractivity contribution is -0.141. The van der Waals surface area contributed by atoms with Crippen LogP contribution in [0.25, 0.3) is 11.1 Å². The Hall–Kier alpha value is -4.22. The minimum Gasteiger partial charge on any atom is -0.481 e. The number of nitrogens with zero attached hydrogens (tertiary/aromatic N) is 4. The maximum absolute atomic E-state index is 13.5. The highest BCUT2D eigenvalue weighted by Crippen LogP contribution is 2.45. The van der Waals surface area contributed by atoms with Crippen molar-refractivity contribution in [3.05, 3.63) is 54.1 Å². The van der Waals surface area contributed by atoms with E-state index < -0.39 is 36.1 Å². The fraction of sp³-hybridized carbons (Fsp3) is 0.261. The first kappa shape index (κ1) is 23.9. The molecular weight excluding hydrogens is 467 g/mol. The van der Waals surface area contributed by atoms with Crippen LogP contribution in [0.1, 0.15) is 24.2 Å². The van der Waals surface area contributed by atoms with Crippen molar-refractivity contribution in [3.8, 4) is 22.9 Å². The van der Waals surface area contributed by atoms with Crippen molar-refractivity contribution >= 4 is 23.2 Å². The summed E-state index contributed by atoms with van der Waals surface area (Å²) < 4.78 is 49.0. The molecule has 3 aromatic heterocycles. The van der Waals surface area contributed by atoms with Gasteiger partial charge in [-0.25, -0.2) is 4.98 Å². The predicted octanol–water partition coefficient (Wildman–Crippen LogP) is 3.66. The largest absolute Gasteiger partial charge is 0.481 e. The van der Waals surface area contributed by atoms with Gasteiger partial charge in [-0.2, -0.15) is 18.2 Å². The summed E-state index contributed by atoms with van der Waals surface area (Å²) in [5.41, 5.74) is 0.839. The molecule has 4 heterocycles. The van der Waals surface area contributed by atoms with Crippen LogP contribution in [0.15, 0.2) is 42.7 Å². The molecule has 0 bridgehead atoms. The Morgan fingerprint density at radius 3 is 2.57 bits per heavy atom. The third kappa shape index (κ3) is 4.59. The highest BCUT2D eigenvalue weighted by molar-refractivity contribution is 6.09. The van der Waals surface area contributed by atoms with Gasteiger partial charge in [0.1, 0.15) is 12.2 Å². The van der Waals surface area contributed by atoms with E-state index in [1.807, 2.05) is 0 Å². The number of alkyl halides is 3. The van der Waals surface area contributed by atoms with Gasteiger partial charge in [0.05, 0.1) is 49.0 Å². The van der Waals surface area contributed by atoms with Gasteiger partial charge in [0.25, 0.3) is 0 Å². The van der Waals surface area contributed by atoms with Gasteiger partial charge >= 0.3 is 6.18 Å². The summed E-state index contributed by atoms with van der Waals surface area (Å²) in [6, 6.07) is 6.85. The average molecular weight is 487 g/mol. The van der Waals surface area contributed by atoms with E-state index >= 15 is 0 Å². The van der Waals surface area contributed by atoms with Gasteiger partial charge in [0, 0.05) is 17.8 Å². The summed E-state index contributed by atoms with van der Waals surface area (Å²) in [5, 5.41) is 2.48. The van der Waals surface area contributed by atoms with Gasteiger partial charge in [-0.05, 0) is 25.1 Å². The van der Waals surface area contributed by atoms with Crippen LogP contribution in [0.4, 0.5) is 24.5 Å². The number of nitrogens with one attached hydrogen (secondary N) is 1. The van der Waals surface area contributed by atoms with E-state index in [2.05, 4.69) is 20.3 Å². The molecule has 1 N–H and O–H groups in total. The summed E-state index contributed by atoms with van der Waals surface area (Å²) in [4.78, 5) is 39.6. The number of halogens is 3. The van der Waals surface area contributed by atoms with Crippen molar-refractivity contribution in [2.24, 2.45) is 0 Å². The quantitative estimate of drug-likeness (QED) is 0.585. The lowest BCUT2D eigenvalue weighted by Gasteiger charge is -2.25. The van der Waals surface area contributed by atoms with Crippen LogP contribution in [-0.4, -0.2) is 47.5 Å². The molecule has 0 saturated carbocycles. The highest BCUT2D eigenvalue weighted by atomic mass is 19.4. The van der Waals surface area contributed by atoms with Gasteiger partial charge in [0.2, 0.25) is 23.6 Å². The Kier molecular flexibility index (Phi) is 6.29. The zero-order valence-corrected chi connectivity index (χ0v) is 18.9. The number of hydrogen-bond donors (Lipinski definition) is 1. The summed E-state index contributed by atoms with van der Waals surface area (Å²) in [7, 11) is 2.82. The lowest BCUT2D eigenvalue weighted by atomic mass is 9.98. The predicted molar refractivity (Wildman–Crippen MR) is 119 cm³/mol. The molecule has 182 valence electrons. The molecule has 3 aromatic rings. The average Bonchev–Trinajstić information content (AvgIpc) is 2.92. The molecule has 0 radical (unpaired) electrons. The van der Waals surface area contributed by atoms with E-state index in [0.29, 0.717) is 22.5 Å². The van der Waals surface area contributed by atoms with E-state index in [-0.39, 0.29) is 17.4 Å². The summed E-state index contributed by atoms with van der Waals surface area (Å²) in [6.45, 7) is 1.23. The van der Waals surface area contributed by atoms with E-state index in [9.17, 15) is 22.8 Å². The number of pyridine rings is 3. The number of amides is 2. The maximum atomic E-state index is 13.5. The standard InChI is InChI=1S/C23H20F3N5O4/c1-12-20-14(5-4-8-27-20)19-15(9-18(34-2)30-21(19)35-3)31(22(12)33)11-17(32)29-13-6-7-16(28-10-13)23(24,25)26/h4-10,12H,11H2,1-3H3,(H,29,32)/t12-/m1/s1. The fourth-order valence-electron chi connectivity index (χ4n) is 3.79. The van der Waals surface area contributed by atoms with E-state index in [1.165, 1.54) is 25.2 Å². The van der Waals surface area contributed by atoms with Crippen LogP contribution in [0, 0.1) is 0 Å². The third-order valence-corrected chi connectivity index (χ3v) is 5.43. The minimum atomic E-state index is -4.60. The van der Waals surface area contributed by atoms with Crippen LogP contribution >= 0.6 is 0 Å². The molecule has 1 aliphatic rings. The molecule has 2 amide bonds. The molecule has 1 atom stereocenters. The molecule has 4 rings (SSSR count). The van der Waals surface area contributed by atoms with Crippen LogP contribution in [0.3, 0.4) is 0 Å². The minimum absolute atomic E-state index is 0.0494. The van der Waals surface area contributed by atoms with Crippen molar-refractivity contribution in [2.45, 2.75) is 19.0 Å². The van der Waals surface area contributed by atoms with Crippen LogP contribution in [0.5, 0.6) is 11.8 Å². The van der Waals surface area contributed by atoms with E-state index in [0.717, 1.165) is 18.3 Å². The molecule has 0 saturated heterocycles. The van der Waals surface area contributed by atoms with Gasteiger partial charge in [0.15, 0.2) is 0 Å². The molecule has 0 aromatic carbocycles. The monoisotopic (exact) mass is 487 g/mol. The Morgan fingerprint density at radius 1 is 1.17 bits per heavy atom. The van der Waals surface area contributed by atoms with Crippen molar-refractivity contribution < 1.29 is 32.2 Å². The number of carbonyl (C=O) groups excluding carboxylic acids is 2. The smallest absolute Gasteiger partial charge is 0.433 e. The lowest BCUT2D eigenvalue weighted by Crippen LogP contribution is -2.40. The van der Waals surface area contributed by atoms with E-state index in [1.54, 1.807) is 25.3 Å². The SMILES string of the molecule is COc1cc2c(c(OC)n1)-c1cccnc1[C@@H](C)C(=O)N2CC(=O)Nc1ccc(C(F)(F)F)nc1. The fourth-order valence-corrected chi connectivity index (χ4v) is 3.79. The van der Waals surface area contributed by atoms with Crippen molar-refractivity contribution in [1.82, 2.24) is 15.0 Å². The summed E-state index contributed by atoms with van der Waals surface area (Å²) in [6.07, 6.45) is -2.14. The molecule has 35 heavy (non-hydrogen) atoms. The summed E-state index contributed by atoms with van der Waals surface area (Å²) >= 11 is 0. The molecule has 1 aliphatic heterocycles. The number of anilines is 2. The first-order valence-electron chi connectivity index (χ1n) is 10.4. The molecule has 0 fully saturated rings. The normalized spacial score (nSPS) is 15.1. The number of hydrogen-bond acceptors (Lipinski definition) is 7. The van der Waals surface area contributed by atoms with Crippen molar-refractivity contribution in [3.63, 3.8) is 0 Å². The van der Waals surface area contributed by atoms with Crippen LogP contribution < -0.4 is 19.7 Å². The Labute approximate surface area is 197 Å². The van der Waals surface area contributed by atoms with Gasteiger partial charge in [-0.15, -0.1) is 0 Å². The molecular formula is C23H20F3N5O4. The van der Waals surface area contributed by atoms with Crippen LogP contribution in [-0.2, 0) is 15.8 Å². The number of ether oxygens (including phenoxy) is 2. The maximum Gasteiger partial charge on any atom is 0.433 e. The number of aromatic nitrogens is 3. The molecule has 12 heteroatoms. The topological polar surface area (TPSA) is 107 Å². The number of rotatable bonds is 5. The van der Waals surface area contributed by atoms with Gasteiger partial charge in [-0.3, -0.25) is 14.6 Å². The Bertz CT molecular complexity index is 1280. The first-order valence-corrected chi connectivity index (χ1v) is 10.4. The second kappa shape index (κ2) is 9.20. The molecule has 9 nitrogen and oxygen atoms in total. The first-order chi connectivity index (χ1) is 16.6. The van der Waals surface area contributed by atoms with Crippen LogP contribution in [0.2, 0.25) is 0 Å². The third-order valence-electron chi connectivity index (χ3n) is 5.43. The Balaban J connectivity index is 1.72.